The Morgan fingerprint density at radius 3 is 2.73 bits per heavy atom. The van der Waals surface area contributed by atoms with Crippen molar-refractivity contribution in [3.8, 4) is 5.75 Å². The molecule has 0 bridgehead atoms. The van der Waals surface area contributed by atoms with Gasteiger partial charge in [0.25, 0.3) is 5.91 Å². The fraction of sp³-hybridized carbons (Fsp3) is 0.611. The van der Waals surface area contributed by atoms with Crippen LogP contribution in [0.2, 0.25) is 0 Å². The molecule has 0 aromatic heterocycles. The van der Waals surface area contributed by atoms with Crippen LogP contribution in [0.4, 0.5) is 4.39 Å². The predicted octanol–water partition coefficient (Wildman–Crippen LogP) is 1.65. The van der Waals surface area contributed by atoms with E-state index in [0.717, 1.165) is 13.1 Å². The van der Waals surface area contributed by atoms with E-state index in [1.165, 1.54) is 25.3 Å². The number of halogens is 2. The fourth-order valence-electron chi connectivity index (χ4n) is 3.88. The highest BCUT2D eigenvalue weighted by Gasteiger charge is 2.53. The average molecular weight is 389 g/mol. The van der Waals surface area contributed by atoms with Crippen LogP contribution in [-0.4, -0.2) is 55.1 Å². The van der Waals surface area contributed by atoms with Crippen molar-refractivity contribution >= 4 is 18.3 Å². The van der Waals surface area contributed by atoms with E-state index in [-0.39, 0.29) is 23.7 Å². The quantitative estimate of drug-likeness (QED) is 0.733. The van der Waals surface area contributed by atoms with Gasteiger partial charge in [0.15, 0.2) is 0 Å². The summed E-state index contributed by atoms with van der Waals surface area (Å²) in [5.41, 5.74) is -1.73. The Morgan fingerprint density at radius 1 is 1.38 bits per heavy atom. The lowest BCUT2D eigenvalue weighted by Gasteiger charge is -2.52. The summed E-state index contributed by atoms with van der Waals surface area (Å²) in [4.78, 5) is 12.7. The summed E-state index contributed by atoms with van der Waals surface area (Å²) in [6.07, 6.45) is 0.912. The first kappa shape index (κ1) is 20.9. The first-order valence-corrected chi connectivity index (χ1v) is 8.60. The first-order valence-electron chi connectivity index (χ1n) is 8.60. The molecule has 2 fully saturated rings. The number of aliphatic hydroxyl groups is 1. The number of hydrogen-bond acceptors (Lipinski definition) is 5. The number of rotatable bonds is 3. The highest BCUT2D eigenvalue weighted by molar-refractivity contribution is 5.97. The van der Waals surface area contributed by atoms with Crippen LogP contribution in [0.15, 0.2) is 18.2 Å². The molecule has 2 aliphatic heterocycles. The average Bonchev–Trinajstić information content (AvgIpc) is 2.60. The van der Waals surface area contributed by atoms with Crippen molar-refractivity contribution in [2.75, 3.05) is 26.8 Å². The molecule has 1 aromatic rings. The van der Waals surface area contributed by atoms with Gasteiger partial charge in [-0.15, -0.1) is 12.4 Å². The summed E-state index contributed by atoms with van der Waals surface area (Å²) in [6.45, 7) is 3.72. The number of benzene rings is 1. The largest absolute Gasteiger partial charge is 0.496 e. The molecule has 3 N–H and O–H groups in total. The highest BCUT2D eigenvalue weighted by atomic mass is 35.5. The lowest BCUT2D eigenvalue weighted by atomic mass is 9.73. The Kier molecular flexibility index (Phi) is 6.50. The molecule has 8 heteroatoms. The molecule has 6 nitrogen and oxygen atoms in total. The van der Waals surface area contributed by atoms with Crippen molar-refractivity contribution in [3.63, 3.8) is 0 Å². The number of amides is 1. The molecule has 26 heavy (non-hydrogen) atoms. The molecule has 3 rings (SSSR count). The predicted molar refractivity (Wildman–Crippen MR) is 97.5 cm³/mol. The lowest BCUT2D eigenvalue weighted by molar-refractivity contribution is -0.197. The topological polar surface area (TPSA) is 79.8 Å². The second-order valence-corrected chi connectivity index (χ2v) is 7.00. The number of carbonyl (C=O) groups is 1. The fourth-order valence-corrected chi connectivity index (χ4v) is 3.88. The summed E-state index contributed by atoms with van der Waals surface area (Å²) >= 11 is 0. The minimum absolute atomic E-state index is 0. The van der Waals surface area contributed by atoms with E-state index in [1.807, 2.05) is 0 Å². The Labute approximate surface area is 158 Å². The molecule has 2 heterocycles. The number of carbonyl (C=O) groups excluding carboxylic acids is 1. The van der Waals surface area contributed by atoms with Gasteiger partial charge in [0.05, 0.1) is 18.2 Å². The third-order valence-corrected chi connectivity index (χ3v) is 5.38. The summed E-state index contributed by atoms with van der Waals surface area (Å²) < 4.78 is 25.2. The molecule has 2 saturated heterocycles. The molecule has 0 aliphatic carbocycles. The minimum atomic E-state index is -0.903. The van der Waals surface area contributed by atoms with Crippen LogP contribution in [0.5, 0.6) is 5.75 Å². The van der Waals surface area contributed by atoms with Crippen LogP contribution >= 0.6 is 12.4 Å². The van der Waals surface area contributed by atoms with Gasteiger partial charge in [0, 0.05) is 6.61 Å². The maximum atomic E-state index is 14.2. The summed E-state index contributed by atoms with van der Waals surface area (Å²) in [7, 11) is 1.39. The van der Waals surface area contributed by atoms with Crippen LogP contribution in [0.1, 0.15) is 36.5 Å². The summed E-state index contributed by atoms with van der Waals surface area (Å²) in [5, 5.41) is 17.1. The molecule has 146 valence electrons. The Hall–Kier alpha value is -1.41. The minimum Gasteiger partial charge on any atom is -0.496 e. The Morgan fingerprint density at radius 2 is 2.08 bits per heavy atom. The standard InChI is InChI=1S/C18H25FN2O4.ClH/c1-17(8-11-25-18(16(17)23)6-9-20-10-7-18)21-15(22)14-12(19)4-3-5-13(14)24-2;/h3-5,16,20,23H,6-11H2,1-2H3,(H,21,22);1H/t16-,17+;/m0./s1. The van der Waals surface area contributed by atoms with Gasteiger partial charge in [-0.2, -0.15) is 0 Å². The van der Waals surface area contributed by atoms with Crippen LogP contribution < -0.4 is 15.4 Å². The van der Waals surface area contributed by atoms with Gasteiger partial charge in [-0.1, -0.05) is 6.07 Å². The molecular weight excluding hydrogens is 363 g/mol. The van der Waals surface area contributed by atoms with E-state index in [1.54, 1.807) is 6.92 Å². The molecule has 0 unspecified atom stereocenters. The van der Waals surface area contributed by atoms with E-state index in [0.29, 0.717) is 25.9 Å². The van der Waals surface area contributed by atoms with Crippen LogP contribution in [-0.2, 0) is 4.74 Å². The normalized spacial score (nSPS) is 27.5. The van der Waals surface area contributed by atoms with Gasteiger partial charge >= 0.3 is 0 Å². The number of piperidine rings is 1. The Bertz CT molecular complexity index is 649. The molecule has 0 radical (unpaired) electrons. The van der Waals surface area contributed by atoms with Crippen molar-refractivity contribution in [3.05, 3.63) is 29.6 Å². The van der Waals surface area contributed by atoms with Crippen molar-refractivity contribution in [1.82, 2.24) is 10.6 Å². The van der Waals surface area contributed by atoms with E-state index in [4.69, 9.17) is 9.47 Å². The van der Waals surface area contributed by atoms with Crippen molar-refractivity contribution in [2.45, 2.75) is 43.4 Å². The van der Waals surface area contributed by atoms with Crippen molar-refractivity contribution in [1.29, 1.82) is 0 Å². The van der Waals surface area contributed by atoms with Crippen molar-refractivity contribution < 1.29 is 23.8 Å². The van der Waals surface area contributed by atoms with E-state index < -0.39 is 29.0 Å². The third kappa shape index (κ3) is 3.67. The third-order valence-electron chi connectivity index (χ3n) is 5.38. The van der Waals surface area contributed by atoms with Gasteiger partial charge in [-0.05, 0) is 51.4 Å². The van der Waals surface area contributed by atoms with Gasteiger partial charge in [0.2, 0.25) is 0 Å². The second-order valence-electron chi connectivity index (χ2n) is 7.00. The van der Waals surface area contributed by atoms with Crippen LogP contribution in [0, 0.1) is 5.82 Å². The second kappa shape index (κ2) is 8.08. The van der Waals surface area contributed by atoms with Crippen LogP contribution in [0.25, 0.3) is 0 Å². The molecule has 0 saturated carbocycles. The SMILES string of the molecule is COc1cccc(F)c1C(=O)N[C@]1(C)CCOC2(CCNCC2)[C@H]1O.Cl. The Balaban J connectivity index is 0.00000243. The molecule has 1 aromatic carbocycles. The molecule has 2 atom stereocenters. The molecule has 1 amide bonds. The van der Waals surface area contributed by atoms with Gasteiger partial charge in [0.1, 0.15) is 23.2 Å². The van der Waals surface area contributed by atoms with Gasteiger partial charge in [-0.25, -0.2) is 4.39 Å². The summed E-state index contributed by atoms with van der Waals surface area (Å²) in [6, 6.07) is 4.24. The lowest BCUT2D eigenvalue weighted by Crippen LogP contribution is -2.69. The van der Waals surface area contributed by atoms with Gasteiger partial charge < -0.3 is 25.2 Å². The number of aliphatic hydroxyl groups excluding tert-OH is 1. The van der Waals surface area contributed by atoms with E-state index >= 15 is 0 Å². The zero-order valence-corrected chi connectivity index (χ0v) is 15.8. The van der Waals surface area contributed by atoms with Crippen molar-refractivity contribution in [2.24, 2.45) is 0 Å². The van der Waals surface area contributed by atoms with Gasteiger partial charge in [-0.3, -0.25) is 4.79 Å². The number of methoxy groups -OCH3 is 1. The smallest absolute Gasteiger partial charge is 0.258 e. The number of hydrogen-bond donors (Lipinski definition) is 3. The zero-order valence-electron chi connectivity index (χ0n) is 15.0. The number of nitrogens with one attached hydrogen (secondary N) is 2. The monoisotopic (exact) mass is 388 g/mol. The maximum Gasteiger partial charge on any atom is 0.258 e. The molecular formula is C18H26ClFN2O4. The highest BCUT2D eigenvalue weighted by Crippen LogP contribution is 2.39. The molecule has 1 spiro atoms. The zero-order chi connectivity index (χ0) is 18.1. The first-order chi connectivity index (χ1) is 11.9. The van der Waals surface area contributed by atoms with Crippen LogP contribution in [0.3, 0.4) is 0 Å². The summed E-state index contributed by atoms with van der Waals surface area (Å²) in [5.74, 6) is -1.08. The van der Waals surface area contributed by atoms with E-state index in [9.17, 15) is 14.3 Å². The molecule has 2 aliphatic rings. The number of ether oxygens (including phenoxy) is 2. The maximum absolute atomic E-state index is 14.2. The van der Waals surface area contributed by atoms with E-state index in [2.05, 4.69) is 10.6 Å².